The molecular weight excluding hydrogens is 721 g/mol. The van der Waals surface area contributed by atoms with Crippen LogP contribution in [0.15, 0.2) is 158 Å². The Hall–Kier alpha value is -7.05. The Morgan fingerprint density at radius 3 is 1.19 bits per heavy atom. The molecule has 0 aliphatic heterocycles. The largest absolute Gasteiger partial charge is 0.309 e. The summed E-state index contributed by atoms with van der Waals surface area (Å²) in [5.74, 6) is 0.757. The number of benzene rings is 7. The highest BCUT2D eigenvalue weighted by molar-refractivity contribution is 6.11. The Kier molecular flexibility index (Phi) is 6.69. The molecule has 0 bridgehead atoms. The van der Waals surface area contributed by atoms with Crippen LogP contribution in [-0.2, 0) is 10.8 Å². The molecule has 59 heavy (non-hydrogen) atoms. The second-order valence-corrected chi connectivity index (χ2v) is 17.5. The average molecular weight is 769 g/mol. The average Bonchev–Trinajstić information content (AvgIpc) is 3.91. The lowest BCUT2D eigenvalue weighted by molar-refractivity contribution is 0.590. The van der Waals surface area contributed by atoms with Gasteiger partial charge in [0, 0.05) is 37.9 Å². The lowest BCUT2D eigenvalue weighted by Gasteiger charge is -2.19. The molecule has 4 aromatic heterocycles. The van der Waals surface area contributed by atoms with Crippen molar-refractivity contribution < 1.29 is 5.48 Å². The summed E-state index contributed by atoms with van der Waals surface area (Å²) >= 11 is 0. The maximum absolute atomic E-state index is 9.76. The fourth-order valence-electron chi connectivity index (χ4n) is 8.77. The van der Waals surface area contributed by atoms with Gasteiger partial charge in [0.1, 0.15) is 0 Å². The third kappa shape index (κ3) is 5.43. The van der Waals surface area contributed by atoms with Crippen LogP contribution >= 0.6 is 0 Å². The number of fused-ring (bicyclic) bond motifs is 9. The molecule has 0 saturated heterocycles. The van der Waals surface area contributed by atoms with Crippen LogP contribution in [0.2, 0.25) is 0 Å². The molecule has 0 spiro atoms. The van der Waals surface area contributed by atoms with Crippen molar-refractivity contribution in [3.05, 3.63) is 169 Å². The number of nitrogens with zero attached hydrogens (tertiary/aromatic N) is 6. The quantitative estimate of drug-likeness (QED) is 0.179. The smallest absolute Gasteiger partial charge is 0.240 e. The van der Waals surface area contributed by atoms with Gasteiger partial charge in [-0.05, 0) is 82.6 Å². The van der Waals surface area contributed by atoms with E-state index in [1.807, 2.05) is 62.2 Å². The van der Waals surface area contributed by atoms with Crippen LogP contribution in [0.3, 0.4) is 0 Å². The van der Waals surface area contributed by atoms with Crippen LogP contribution in [0.1, 0.15) is 58.2 Å². The Morgan fingerprint density at radius 2 is 0.780 bits per heavy atom. The summed E-state index contributed by atoms with van der Waals surface area (Å²) in [5, 5.41) is 6.12. The third-order valence-corrected chi connectivity index (χ3v) is 11.8. The molecule has 4 heterocycles. The summed E-state index contributed by atoms with van der Waals surface area (Å²) in [6.45, 7) is 13.2. The van der Waals surface area contributed by atoms with Crippen LogP contribution in [-0.4, -0.2) is 28.7 Å². The van der Waals surface area contributed by atoms with Crippen LogP contribution in [0.4, 0.5) is 0 Å². The molecule has 0 unspecified atom stereocenters. The predicted molar refractivity (Wildman–Crippen MR) is 246 cm³/mol. The molecule has 0 aliphatic carbocycles. The molecule has 0 amide bonds. The fraction of sp³-hybridized carbons (Fsp3) is 0.151. The SMILES string of the molecule is [2H]c1c([2H])c([2H])c(-n2c3ccc(C(C)(C)C)cc3c3cc(C(C)(C)C)ccc32)c(-c2nc(-n3c4ccccc4c4ccccc43)nc(-n3c4ccccc4c4ccccc43)n2)c1[2H]. The van der Waals surface area contributed by atoms with E-state index in [9.17, 15) is 2.74 Å². The van der Waals surface area contributed by atoms with Crippen molar-refractivity contribution in [3.63, 3.8) is 0 Å². The number of hydrogen-bond acceptors (Lipinski definition) is 3. The van der Waals surface area contributed by atoms with Gasteiger partial charge in [-0.2, -0.15) is 15.0 Å². The number of aromatic nitrogens is 6. The van der Waals surface area contributed by atoms with Gasteiger partial charge in [0.05, 0.1) is 44.3 Å². The summed E-state index contributed by atoms with van der Waals surface area (Å²) in [4.78, 5) is 15.9. The van der Waals surface area contributed by atoms with E-state index >= 15 is 0 Å². The molecule has 7 aromatic carbocycles. The zero-order valence-corrected chi connectivity index (χ0v) is 33.9. The minimum absolute atomic E-state index is 0.119. The van der Waals surface area contributed by atoms with Crippen molar-refractivity contribution in [3.8, 4) is 29.0 Å². The minimum Gasteiger partial charge on any atom is -0.309 e. The molecular formula is C53H44N6. The lowest BCUT2D eigenvalue weighted by atomic mass is 9.85. The second-order valence-electron chi connectivity index (χ2n) is 17.5. The van der Waals surface area contributed by atoms with E-state index in [0.717, 1.165) is 76.5 Å². The number of hydrogen-bond donors (Lipinski definition) is 0. The lowest BCUT2D eigenvalue weighted by Crippen LogP contribution is -2.11. The second kappa shape index (κ2) is 12.7. The Morgan fingerprint density at radius 1 is 0.407 bits per heavy atom. The zero-order chi connectivity index (χ0) is 43.7. The van der Waals surface area contributed by atoms with Gasteiger partial charge in [-0.25, -0.2) is 0 Å². The van der Waals surface area contributed by atoms with Gasteiger partial charge in [0.15, 0.2) is 5.82 Å². The van der Waals surface area contributed by atoms with Crippen LogP contribution < -0.4 is 0 Å². The van der Waals surface area contributed by atoms with Gasteiger partial charge >= 0.3 is 0 Å². The number of rotatable bonds is 4. The highest BCUT2D eigenvalue weighted by Crippen LogP contribution is 2.40. The van der Waals surface area contributed by atoms with Gasteiger partial charge in [0.2, 0.25) is 11.9 Å². The first-order chi connectivity index (χ1) is 30.2. The normalized spacial score (nSPS) is 13.5. The van der Waals surface area contributed by atoms with Crippen molar-refractivity contribution in [2.75, 3.05) is 0 Å². The fourth-order valence-corrected chi connectivity index (χ4v) is 8.77. The summed E-state index contributed by atoms with van der Waals surface area (Å²) in [6, 6.07) is 44.4. The molecule has 0 aliphatic rings. The first kappa shape index (κ1) is 31.0. The monoisotopic (exact) mass is 768 g/mol. The minimum atomic E-state index is -0.373. The standard InChI is InChI=1S/C53H44N6/c1-52(2,3)33-27-29-47-40(31-33)41-32-34(53(4,5)6)28-30-48(41)57(47)46-26-16-11-21-39(46)49-54-50(58-42-22-12-7-17-35(42)36-18-8-13-23-43(36)58)56-51(55-49)59-44-24-14-9-19-37(44)38-20-10-15-25-45(38)59/h7-32H,1-6H3/i11D,16D,21D,26D. The summed E-state index contributed by atoms with van der Waals surface area (Å²) < 4.78 is 43.8. The third-order valence-electron chi connectivity index (χ3n) is 11.8. The van der Waals surface area contributed by atoms with Crippen LogP contribution in [0.5, 0.6) is 0 Å². The molecule has 286 valence electrons. The predicted octanol–water partition coefficient (Wildman–Crippen LogP) is 13.4. The van der Waals surface area contributed by atoms with E-state index in [0.29, 0.717) is 11.9 Å². The Labute approximate surface area is 348 Å². The Balaban J connectivity index is 1.30. The molecule has 11 aromatic rings. The summed E-state index contributed by atoms with van der Waals surface area (Å²) in [5.41, 5.74) is 7.69. The number of para-hydroxylation sites is 5. The van der Waals surface area contributed by atoms with Crippen molar-refractivity contribution in [2.45, 2.75) is 52.4 Å². The van der Waals surface area contributed by atoms with Gasteiger partial charge in [-0.15, -0.1) is 0 Å². The van der Waals surface area contributed by atoms with Gasteiger partial charge in [-0.1, -0.05) is 139 Å². The van der Waals surface area contributed by atoms with Crippen molar-refractivity contribution in [2.24, 2.45) is 0 Å². The van der Waals surface area contributed by atoms with E-state index in [1.165, 1.54) is 0 Å². The topological polar surface area (TPSA) is 53.5 Å². The summed E-state index contributed by atoms with van der Waals surface area (Å²) in [7, 11) is 0. The van der Waals surface area contributed by atoms with Gasteiger partial charge in [-0.3, -0.25) is 9.13 Å². The van der Waals surface area contributed by atoms with E-state index in [4.69, 9.17) is 17.7 Å². The molecule has 0 saturated carbocycles. The van der Waals surface area contributed by atoms with Gasteiger partial charge < -0.3 is 4.57 Å². The van der Waals surface area contributed by atoms with E-state index in [1.54, 1.807) is 0 Å². The maximum atomic E-state index is 9.76. The molecule has 0 radical (unpaired) electrons. The zero-order valence-electron chi connectivity index (χ0n) is 37.9. The van der Waals surface area contributed by atoms with Crippen LogP contribution in [0, 0.1) is 0 Å². The van der Waals surface area contributed by atoms with Crippen LogP contribution in [0.25, 0.3) is 94.4 Å². The molecule has 0 atom stereocenters. The molecule has 11 rings (SSSR count). The van der Waals surface area contributed by atoms with Crippen molar-refractivity contribution in [1.82, 2.24) is 28.7 Å². The van der Waals surface area contributed by atoms with Crippen molar-refractivity contribution in [1.29, 1.82) is 0 Å². The first-order valence-corrected chi connectivity index (χ1v) is 20.1. The molecule has 0 N–H and O–H groups in total. The Bertz CT molecular complexity index is 3400. The van der Waals surface area contributed by atoms with Crippen molar-refractivity contribution >= 4 is 65.4 Å². The van der Waals surface area contributed by atoms with E-state index in [-0.39, 0.29) is 52.1 Å². The van der Waals surface area contributed by atoms with E-state index in [2.05, 4.69) is 126 Å². The highest BCUT2D eigenvalue weighted by atomic mass is 15.3. The highest BCUT2D eigenvalue weighted by Gasteiger charge is 2.25. The first-order valence-electron chi connectivity index (χ1n) is 22.1. The van der Waals surface area contributed by atoms with Gasteiger partial charge in [0.25, 0.3) is 0 Å². The summed E-state index contributed by atoms with van der Waals surface area (Å²) in [6.07, 6.45) is 0. The molecule has 6 nitrogen and oxygen atoms in total. The molecule has 6 heteroatoms. The molecule has 0 fully saturated rings. The van der Waals surface area contributed by atoms with E-state index < -0.39 is 0 Å². The maximum Gasteiger partial charge on any atom is 0.240 e.